The number of furan rings is 1. The summed E-state index contributed by atoms with van der Waals surface area (Å²) in [5, 5.41) is 9.61. The van der Waals surface area contributed by atoms with Crippen molar-refractivity contribution >= 4 is 11.0 Å². The standard InChI is InChI=1S/C10H9FO2/c1-6(12)10-5-7-8(11)3-2-4-9(7)13-10/h2-6,12H,1H3. The van der Waals surface area contributed by atoms with Gasteiger partial charge in [0.1, 0.15) is 23.3 Å². The summed E-state index contributed by atoms with van der Waals surface area (Å²) in [5.74, 6) is 0.0632. The Hall–Kier alpha value is -1.35. The number of benzene rings is 1. The van der Waals surface area contributed by atoms with Gasteiger partial charge >= 0.3 is 0 Å². The molecule has 0 aliphatic carbocycles. The van der Waals surface area contributed by atoms with Gasteiger partial charge in [0.25, 0.3) is 0 Å². The topological polar surface area (TPSA) is 33.4 Å². The molecule has 1 atom stereocenters. The highest BCUT2D eigenvalue weighted by atomic mass is 19.1. The van der Waals surface area contributed by atoms with Crippen LogP contribution in [0.3, 0.4) is 0 Å². The molecule has 0 aliphatic rings. The van der Waals surface area contributed by atoms with E-state index in [2.05, 4.69) is 0 Å². The number of hydrogen-bond acceptors (Lipinski definition) is 2. The highest BCUT2D eigenvalue weighted by molar-refractivity contribution is 5.78. The lowest BCUT2D eigenvalue weighted by Crippen LogP contribution is -1.85. The van der Waals surface area contributed by atoms with Crippen LogP contribution < -0.4 is 0 Å². The second-order valence-corrected chi connectivity index (χ2v) is 2.98. The van der Waals surface area contributed by atoms with E-state index in [1.807, 2.05) is 0 Å². The Bertz CT molecular complexity index is 431. The van der Waals surface area contributed by atoms with E-state index in [4.69, 9.17) is 4.42 Å². The Morgan fingerprint density at radius 1 is 1.46 bits per heavy atom. The number of rotatable bonds is 1. The third-order valence-electron chi connectivity index (χ3n) is 1.94. The predicted molar refractivity (Wildman–Crippen MR) is 46.8 cm³/mol. The van der Waals surface area contributed by atoms with Crippen molar-refractivity contribution in [2.75, 3.05) is 0 Å². The molecule has 68 valence electrons. The summed E-state index contributed by atoms with van der Waals surface area (Å²) in [7, 11) is 0. The van der Waals surface area contributed by atoms with E-state index < -0.39 is 6.10 Å². The van der Waals surface area contributed by atoms with E-state index in [0.29, 0.717) is 16.7 Å². The molecule has 1 unspecified atom stereocenters. The van der Waals surface area contributed by atoms with Crippen LogP contribution >= 0.6 is 0 Å². The molecule has 1 N–H and O–H groups in total. The summed E-state index contributed by atoms with van der Waals surface area (Å²) < 4.78 is 18.3. The summed E-state index contributed by atoms with van der Waals surface area (Å²) in [6, 6.07) is 6.14. The fraction of sp³-hybridized carbons (Fsp3) is 0.200. The van der Waals surface area contributed by atoms with Crippen LogP contribution in [-0.2, 0) is 0 Å². The van der Waals surface area contributed by atoms with Crippen molar-refractivity contribution in [3.05, 3.63) is 35.8 Å². The van der Waals surface area contributed by atoms with Crippen LogP contribution in [0.5, 0.6) is 0 Å². The molecule has 13 heavy (non-hydrogen) atoms. The maximum atomic E-state index is 13.1. The summed E-state index contributed by atoms with van der Waals surface area (Å²) >= 11 is 0. The van der Waals surface area contributed by atoms with E-state index in [9.17, 15) is 9.50 Å². The first-order chi connectivity index (χ1) is 6.18. The van der Waals surface area contributed by atoms with Crippen molar-refractivity contribution in [2.24, 2.45) is 0 Å². The smallest absolute Gasteiger partial charge is 0.137 e. The first-order valence-electron chi connectivity index (χ1n) is 4.04. The van der Waals surface area contributed by atoms with Crippen molar-refractivity contribution in [1.82, 2.24) is 0 Å². The second kappa shape index (κ2) is 2.85. The normalized spacial score (nSPS) is 13.5. The predicted octanol–water partition coefficient (Wildman–Crippen LogP) is 2.63. The average molecular weight is 180 g/mol. The van der Waals surface area contributed by atoms with Gasteiger partial charge in [-0.1, -0.05) is 6.07 Å². The molecule has 2 aromatic rings. The largest absolute Gasteiger partial charge is 0.458 e. The molecule has 2 nitrogen and oxygen atoms in total. The van der Waals surface area contributed by atoms with Crippen LogP contribution in [0.15, 0.2) is 28.7 Å². The molecule has 0 fully saturated rings. The summed E-state index contributed by atoms with van der Waals surface area (Å²) in [6.45, 7) is 1.58. The number of hydrogen-bond donors (Lipinski definition) is 1. The van der Waals surface area contributed by atoms with Crippen LogP contribution in [-0.4, -0.2) is 5.11 Å². The summed E-state index contributed by atoms with van der Waals surface area (Å²) in [4.78, 5) is 0. The molecule has 1 heterocycles. The third kappa shape index (κ3) is 1.31. The SMILES string of the molecule is CC(O)c1cc2c(F)cccc2o1. The number of aliphatic hydroxyl groups is 1. The van der Waals surface area contributed by atoms with E-state index in [-0.39, 0.29) is 5.82 Å². The fourth-order valence-corrected chi connectivity index (χ4v) is 1.25. The molecule has 2 rings (SSSR count). The molecule has 3 heteroatoms. The molecule has 1 aromatic heterocycles. The molecule has 0 amide bonds. The molecule has 0 saturated heterocycles. The van der Waals surface area contributed by atoms with Crippen LogP contribution in [0.4, 0.5) is 4.39 Å². The van der Waals surface area contributed by atoms with Gasteiger partial charge in [-0.2, -0.15) is 0 Å². The number of halogens is 1. The number of fused-ring (bicyclic) bond motifs is 1. The van der Waals surface area contributed by atoms with Crippen molar-refractivity contribution in [3.63, 3.8) is 0 Å². The van der Waals surface area contributed by atoms with Gasteiger partial charge in [0.2, 0.25) is 0 Å². The Kier molecular flexibility index (Phi) is 1.81. The van der Waals surface area contributed by atoms with Crippen LogP contribution in [0.1, 0.15) is 18.8 Å². The van der Waals surface area contributed by atoms with Crippen LogP contribution in [0.2, 0.25) is 0 Å². The Morgan fingerprint density at radius 2 is 2.23 bits per heavy atom. The van der Waals surface area contributed by atoms with Crippen molar-refractivity contribution < 1.29 is 13.9 Å². The first-order valence-corrected chi connectivity index (χ1v) is 4.04. The van der Waals surface area contributed by atoms with Crippen molar-refractivity contribution in [1.29, 1.82) is 0 Å². The molecule has 0 spiro atoms. The highest BCUT2D eigenvalue weighted by Crippen LogP contribution is 2.25. The van der Waals surface area contributed by atoms with Gasteiger partial charge in [0.05, 0.1) is 5.39 Å². The fourth-order valence-electron chi connectivity index (χ4n) is 1.25. The van der Waals surface area contributed by atoms with Gasteiger partial charge < -0.3 is 9.52 Å². The molecule has 0 bridgehead atoms. The van der Waals surface area contributed by atoms with Crippen LogP contribution in [0.25, 0.3) is 11.0 Å². The average Bonchev–Trinajstić information content (AvgIpc) is 2.49. The van der Waals surface area contributed by atoms with Gasteiger partial charge in [-0.3, -0.25) is 0 Å². The van der Waals surface area contributed by atoms with Gasteiger partial charge in [-0.25, -0.2) is 4.39 Å². The number of aliphatic hydroxyl groups excluding tert-OH is 1. The monoisotopic (exact) mass is 180 g/mol. The lowest BCUT2D eigenvalue weighted by atomic mass is 10.2. The van der Waals surface area contributed by atoms with Gasteiger partial charge in [0, 0.05) is 0 Å². The van der Waals surface area contributed by atoms with Crippen molar-refractivity contribution in [2.45, 2.75) is 13.0 Å². The second-order valence-electron chi connectivity index (χ2n) is 2.98. The summed E-state index contributed by atoms with van der Waals surface area (Å²) in [5.41, 5.74) is 0.468. The highest BCUT2D eigenvalue weighted by Gasteiger charge is 2.10. The lowest BCUT2D eigenvalue weighted by molar-refractivity contribution is 0.172. The molecular weight excluding hydrogens is 171 g/mol. The Morgan fingerprint density at radius 3 is 2.85 bits per heavy atom. The van der Waals surface area contributed by atoms with Crippen LogP contribution in [0, 0.1) is 5.82 Å². The van der Waals surface area contributed by atoms with Crippen molar-refractivity contribution in [3.8, 4) is 0 Å². The molecule has 0 radical (unpaired) electrons. The van der Waals surface area contributed by atoms with Gasteiger partial charge in [0.15, 0.2) is 0 Å². The molecule has 0 saturated carbocycles. The zero-order valence-corrected chi connectivity index (χ0v) is 7.12. The Balaban J connectivity index is 2.68. The molecular formula is C10H9FO2. The first kappa shape index (κ1) is 8.26. The van der Waals surface area contributed by atoms with E-state index in [0.717, 1.165) is 0 Å². The minimum atomic E-state index is -0.702. The van der Waals surface area contributed by atoms with E-state index in [1.54, 1.807) is 19.1 Å². The summed E-state index contributed by atoms with van der Waals surface area (Å²) in [6.07, 6.45) is -0.702. The zero-order valence-electron chi connectivity index (χ0n) is 7.12. The van der Waals surface area contributed by atoms with E-state index in [1.165, 1.54) is 12.1 Å². The zero-order chi connectivity index (χ0) is 9.42. The van der Waals surface area contributed by atoms with Gasteiger partial charge in [-0.05, 0) is 25.1 Å². The maximum Gasteiger partial charge on any atom is 0.137 e. The van der Waals surface area contributed by atoms with Gasteiger partial charge in [-0.15, -0.1) is 0 Å². The Labute approximate surface area is 74.6 Å². The quantitative estimate of drug-likeness (QED) is 0.731. The minimum absolute atomic E-state index is 0.326. The minimum Gasteiger partial charge on any atom is -0.458 e. The molecule has 0 aliphatic heterocycles. The third-order valence-corrected chi connectivity index (χ3v) is 1.94. The lowest BCUT2D eigenvalue weighted by Gasteiger charge is -1.95. The van der Waals surface area contributed by atoms with E-state index >= 15 is 0 Å². The molecule has 1 aromatic carbocycles. The maximum absolute atomic E-state index is 13.1.